The summed E-state index contributed by atoms with van der Waals surface area (Å²) in [6.45, 7) is 13.0. The van der Waals surface area contributed by atoms with E-state index in [-0.39, 0.29) is 0 Å². The van der Waals surface area contributed by atoms with Gasteiger partial charge >= 0.3 is 0 Å². The highest BCUT2D eigenvalue weighted by Gasteiger charge is 1.88. The van der Waals surface area contributed by atoms with E-state index in [0.717, 1.165) is 6.54 Å². The zero-order valence-electron chi connectivity index (χ0n) is 10.7. The largest absolute Gasteiger partial charge is 0.317 e. The molecule has 0 aromatic heterocycles. The second-order valence-corrected chi connectivity index (χ2v) is 3.16. The lowest BCUT2D eigenvalue weighted by atomic mass is 10.2. The van der Waals surface area contributed by atoms with Gasteiger partial charge in [0, 0.05) is 0 Å². The fraction of sp³-hybridized carbons (Fsp3) is 1.00. The number of unbranched alkanes of at least 4 members (excludes halogenated alkanes) is 2. The molecule has 0 aromatic carbocycles. The van der Waals surface area contributed by atoms with Crippen LogP contribution >= 0.6 is 0 Å². The van der Waals surface area contributed by atoms with E-state index in [9.17, 15) is 0 Å². The first-order valence-corrected chi connectivity index (χ1v) is 6.33. The van der Waals surface area contributed by atoms with Crippen molar-refractivity contribution in [1.29, 1.82) is 0 Å². The van der Waals surface area contributed by atoms with Gasteiger partial charge in [-0.25, -0.2) is 0 Å². The first-order chi connectivity index (χ1) is 6.91. The van der Waals surface area contributed by atoms with Gasteiger partial charge in [0.15, 0.2) is 0 Å². The summed E-state index contributed by atoms with van der Waals surface area (Å²) in [5.74, 6) is 0. The van der Waals surface area contributed by atoms with Crippen LogP contribution in [0.15, 0.2) is 0 Å². The van der Waals surface area contributed by atoms with Crippen LogP contribution in [0.2, 0.25) is 0 Å². The lowest BCUT2D eigenvalue weighted by Gasteiger charge is -2.03. The third kappa shape index (κ3) is 17.9. The monoisotopic (exact) mass is 202 g/mol. The molecule has 0 unspecified atom stereocenters. The molecule has 0 amide bonds. The molecule has 0 saturated carbocycles. The highest BCUT2D eigenvalue weighted by molar-refractivity contribution is 4.49. The maximum atomic E-state index is 3.41. The summed E-state index contributed by atoms with van der Waals surface area (Å²) in [6.07, 6.45) is 5.24. The van der Waals surface area contributed by atoms with E-state index in [2.05, 4.69) is 24.5 Å². The van der Waals surface area contributed by atoms with Crippen LogP contribution in [-0.4, -0.2) is 26.2 Å². The van der Waals surface area contributed by atoms with Gasteiger partial charge in [-0.3, -0.25) is 0 Å². The van der Waals surface area contributed by atoms with E-state index in [0.29, 0.717) is 0 Å². The standard InChI is InChI=1S/C10H24N2.C2H6/c1-3-8-12-10-7-5-6-9-11-4-2;1-2/h11-12H,3-10H2,1-2H3;1-2H3. The van der Waals surface area contributed by atoms with E-state index in [4.69, 9.17) is 0 Å². The third-order valence-corrected chi connectivity index (χ3v) is 1.88. The van der Waals surface area contributed by atoms with Crippen molar-refractivity contribution < 1.29 is 0 Å². The summed E-state index contributed by atoms with van der Waals surface area (Å²) in [5, 5.41) is 6.74. The molecule has 88 valence electrons. The summed E-state index contributed by atoms with van der Waals surface area (Å²) < 4.78 is 0. The van der Waals surface area contributed by atoms with Gasteiger partial charge in [0.1, 0.15) is 0 Å². The Morgan fingerprint density at radius 2 is 1.29 bits per heavy atom. The Kier molecular flexibility index (Phi) is 21.8. The zero-order valence-corrected chi connectivity index (χ0v) is 10.7. The summed E-state index contributed by atoms with van der Waals surface area (Å²) >= 11 is 0. The number of rotatable bonds is 9. The highest BCUT2D eigenvalue weighted by Crippen LogP contribution is 1.91. The average molecular weight is 202 g/mol. The van der Waals surface area contributed by atoms with E-state index >= 15 is 0 Å². The fourth-order valence-electron chi connectivity index (χ4n) is 1.16. The topological polar surface area (TPSA) is 24.1 Å². The molecule has 2 heteroatoms. The van der Waals surface area contributed by atoms with Crippen LogP contribution in [0.1, 0.15) is 53.4 Å². The smallest absolute Gasteiger partial charge is 0.00489 e. The molecule has 0 saturated heterocycles. The van der Waals surface area contributed by atoms with Gasteiger partial charge in [0.05, 0.1) is 0 Å². The van der Waals surface area contributed by atoms with Crippen molar-refractivity contribution in [1.82, 2.24) is 10.6 Å². The van der Waals surface area contributed by atoms with Crippen LogP contribution < -0.4 is 10.6 Å². The molecular weight excluding hydrogens is 172 g/mol. The number of nitrogens with one attached hydrogen (secondary N) is 2. The molecule has 14 heavy (non-hydrogen) atoms. The summed E-state index contributed by atoms with van der Waals surface area (Å²) in [5.41, 5.74) is 0. The van der Waals surface area contributed by atoms with Gasteiger partial charge in [-0.05, 0) is 45.4 Å². The minimum absolute atomic E-state index is 1.11. The summed E-state index contributed by atoms with van der Waals surface area (Å²) in [4.78, 5) is 0. The molecule has 0 rings (SSSR count). The molecule has 0 aromatic rings. The molecule has 0 spiro atoms. The van der Waals surface area contributed by atoms with Gasteiger partial charge in [0.25, 0.3) is 0 Å². The van der Waals surface area contributed by atoms with Crippen molar-refractivity contribution in [3.8, 4) is 0 Å². The first-order valence-electron chi connectivity index (χ1n) is 6.33. The molecule has 0 atom stereocenters. The minimum Gasteiger partial charge on any atom is -0.317 e. The van der Waals surface area contributed by atoms with Crippen molar-refractivity contribution >= 4 is 0 Å². The number of hydrogen-bond acceptors (Lipinski definition) is 2. The van der Waals surface area contributed by atoms with E-state index in [1.807, 2.05) is 13.8 Å². The molecular formula is C12H30N2. The van der Waals surface area contributed by atoms with Crippen molar-refractivity contribution in [2.75, 3.05) is 26.2 Å². The Morgan fingerprint density at radius 1 is 0.714 bits per heavy atom. The van der Waals surface area contributed by atoms with Crippen molar-refractivity contribution in [3.63, 3.8) is 0 Å². The minimum atomic E-state index is 1.11. The summed E-state index contributed by atoms with van der Waals surface area (Å²) in [7, 11) is 0. The highest BCUT2D eigenvalue weighted by atomic mass is 14.8. The Bertz CT molecular complexity index is 64.7. The third-order valence-electron chi connectivity index (χ3n) is 1.88. The van der Waals surface area contributed by atoms with Crippen LogP contribution in [0.5, 0.6) is 0 Å². The van der Waals surface area contributed by atoms with Gasteiger partial charge in [-0.1, -0.05) is 34.1 Å². The van der Waals surface area contributed by atoms with E-state index < -0.39 is 0 Å². The second kappa shape index (κ2) is 18.7. The molecule has 0 radical (unpaired) electrons. The lowest BCUT2D eigenvalue weighted by Crippen LogP contribution is -2.17. The van der Waals surface area contributed by atoms with Crippen LogP contribution in [0.25, 0.3) is 0 Å². The van der Waals surface area contributed by atoms with Crippen molar-refractivity contribution in [3.05, 3.63) is 0 Å². The molecule has 0 fully saturated rings. The SMILES string of the molecule is CC.CCCNCCCCCNCC. The first kappa shape index (κ1) is 16.4. The lowest BCUT2D eigenvalue weighted by molar-refractivity contribution is 0.577. The average Bonchev–Trinajstić information content (AvgIpc) is 2.25. The van der Waals surface area contributed by atoms with E-state index in [1.165, 1.54) is 45.3 Å². The molecule has 2 nitrogen and oxygen atoms in total. The Labute approximate surface area is 90.9 Å². The Hall–Kier alpha value is -0.0800. The molecule has 0 heterocycles. The normalized spacial score (nSPS) is 9.43. The van der Waals surface area contributed by atoms with Crippen molar-refractivity contribution in [2.45, 2.75) is 53.4 Å². The predicted octanol–water partition coefficient (Wildman–Crippen LogP) is 2.79. The molecule has 0 aliphatic heterocycles. The number of hydrogen-bond donors (Lipinski definition) is 2. The molecule has 0 aliphatic carbocycles. The zero-order chi connectivity index (χ0) is 11.1. The summed E-state index contributed by atoms with van der Waals surface area (Å²) in [6, 6.07) is 0. The fourth-order valence-corrected chi connectivity index (χ4v) is 1.16. The van der Waals surface area contributed by atoms with Crippen molar-refractivity contribution in [2.24, 2.45) is 0 Å². The van der Waals surface area contributed by atoms with Crippen LogP contribution in [0, 0.1) is 0 Å². The second-order valence-electron chi connectivity index (χ2n) is 3.16. The Balaban J connectivity index is 0. The van der Waals surface area contributed by atoms with Gasteiger partial charge in [0.2, 0.25) is 0 Å². The van der Waals surface area contributed by atoms with E-state index in [1.54, 1.807) is 0 Å². The van der Waals surface area contributed by atoms with Crippen LogP contribution in [0.3, 0.4) is 0 Å². The van der Waals surface area contributed by atoms with Gasteiger partial charge < -0.3 is 10.6 Å². The predicted molar refractivity (Wildman–Crippen MR) is 66.9 cm³/mol. The Morgan fingerprint density at radius 3 is 1.79 bits per heavy atom. The van der Waals surface area contributed by atoms with Gasteiger partial charge in [-0.2, -0.15) is 0 Å². The van der Waals surface area contributed by atoms with Crippen LogP contribution in [0.4, 0.5) is 0 Å². The van der Waals surface area contributed by atoms with Crippen LogP contribution in [-0.2, 0) is 0 Å². The molecule has 0 aliphatic rings. The maximum Gasteiger partial charge on any atom is -0.00489 e. The molecule has 0 bridgehead atoms. The maximum absolute atomic E-state index is 3.41. The quantitative estimate of drug-likeness (QED) is 0.562. The van der Waals surface area contributed by atoms with Gasteiger partial charge in [-0.15, -0.1) is 0 Å². The molecule has 2 N–H and O–H groups in total.